The predicted molar refractivity (Wildman–Crippen MR) is 106 cm³/mol. The van der Waals surface area contributed by atoms with Crippen molar-refractivity contribution < 1.29 is 9.53 Å². The molecule has 7 nitrogen and oxygen atoms in total. The molecule has 0 N–H and O–H groups in total. The monoisotopic (exact) mass is 382 g/mol. The van der Waals surface area contributed by atoms with E-state index in [0.717, 1.165) is 30.6 Å². The first-order valence-corrected chi connectivity index (χ1v) is 9.93. The molecule has 0 aliphatic carbocycles. The smallest absolute Gasteiger partial charge is 0.269 e. The van der Waals surface area contributed by atoms with Crippen molar-refractivity contribution >= 4 is 11.6 Å². The van der Waals surface area contributed by atoms with Gasteiger partial charge in [0.25, 0.3) is 5.56 Å². The highest BCUT2D eigenvalue weighted by Crippen LogP contribution is 2.23. The van der Waals surface area contributed by atoms with Crippen LogP contribution in [0.1, 0.15) is 18.4 Å². The maximum atomic E-state index is 12.8. The van der Waals surface area contributed by atoms with E-state index >= 15 is 0 Å². The Kier molecular flexibility index (Phi) is 5.71. The second kappa shape index (κ2) is 8.56. The SMILES string of the molecule is O=C([C@@H]1CCCN(c2cnn(Cc3ccccc3)c(=O)c2)C1)N1CCOCC1. The van der Waals surface area contributed by atoms with Gasteiger partial charge in [-0.25, -0.2) is 4.68 Å². The molecule has 0 saturated carbocycles. The molecule has 1 aromatic carbocycles. The summed E-state index contributed by atoms with van der Waals surface area (Å²) in [6.07, 6.45) is 3.57. The van der Waals surface area contributed by atoms with E-state index in [9.17, 15) is 9.59 Å². The zero-order chi connectivity index (χ0) is 19.3. The fraction of sp³-hybridized carbons (Fsp3) is 0.476. The molecule has 2 aliphatic heterocycles. The molecule has 1 aromatic heterocycles. The van der Waals surface area contributed by atoms with Crippen molar-refractivity contribution in [3.8, 4) is 0 Å². The van der Waals surface area contributed by atoms with Crippen LogP contribution >= 0.6 is 0 Å². The zero-order valence-corrected chi connectivity index (χ0v) is 16.0. The topological polar surface area (TPSA) is 67.7 Å². The van der Waals surface area contributed by atoms with E-state index in [4.69, 9.17) is 4.74 Å². The van der Waals surface area contributed by atoms with E-state index in [1.165, 1.54) is 4.68 Å². The standard InChI is InChI=1S/C21H26N4O3/c26-20-13-19(14-22-25(20)15-17-5-2-1-3-6-17)24-8-4-7-18(16-24)21(27)23-9-11-28-12-10-23/h1-3,5-6,13-14,18H,4,7-12,15-16H2/t18-/m1/s1. The maximum Gasteiger partial charge on any atom is 0.269 e. The number of hydrogen-bond donors (Lipinski definition) is 0. The number of carbonyl (C=O) groups is 1. The van der Waals surface area contributed by atoms with Gasteiger partial charge in [-0.1, -0.05) is 30.3 Å². The number of carbonyl (C=O) groups excluding carboxylic acids is 1. The molecule has 2 aliphatic rings. The van der Waals surface area contributed by atoms with Gasteiger partial charge in [0, 0.05) is 32.2 Å². The summed E-state index contributed by atoms with van der Waals surface area (Å²) >= 11 is 0. The Morgan fingerprint density at radius 3 is 2.68 bits per heavy atom. The average molecular weight is 382 g/mol. The highest BCUT2D eigenvalue weighted by Gasteiger charge is 2.30. The van der Waals surface area contributed by atoms with Gasteiger partial charge in [0.1, 0.15) is 0 Å². The minimum absolute atomic E-state index is 0.0291. The molecule has 28 heavy (non-hydrogen) atoms. The Bertz CT molecular complexity index is 861. The predicted octanol–water partition coefficient (Wildman–Crippen LogP) is 1.37. The van der Waals surface area contributed by atoms with Crippen LogP contribution in [0, 0.1) is 5.92 Å². The summed E-state index contributed by atoms with van der Waals surface area (Å²) in [5.74, 6) is 0.178. The number of morpholine rings is 1. The molecule has 3 heterocycles. The summed E-state index contributed by atoms with van der Waals surface area (Å²) in [5.41, 5.74) is 1.72. The van der Waals surface area contributed by atoms with Gasteiger partial charge in [0.2, 0.25) is 5.91 Å². The van der Waals surface area contributed by atoms with Crippen LogP contribution in [0.2, 0.25) is 0 Å². The van der Waals surface area contributed by atoms with Gasteiger partial charge < -0.3 is 14.5 Å². The fourth-order valence-corrected chi connectivity index (χ4v) is 3.93. The van der Waals surface area contributed by atoms with Crippen LogP contribution in [0.3, 0.4) is 0 Å². The van der Waals surface area contributed by atoms with Crippen LogP contribution < -0.4 is 10.5 Å². The number of rotatable bonds is 4. The zero-order valence-electron chi connectivity index (χ0n) is 16.0. The number of ether oxygens (including phenoxy) is 1. The van der Waals surface area contributed by atoms with E-state index in [-0.39, 0.29) is 17.4 Å². The Morgan fingerprint density at radius 1 is 1.14 bits per heavy atom. The number of hydrogen-bond acceptors (Lipinski definition) is 5. The van der Waals surface area contributed by atoms with Crippen molar-refractivity contribution in [2.45, 2.75) is 19.4 Å². The lowest BCUT2D eigenvalue weighted by Gasteiger charge is -2.37. The van der Waals surface area contributed by atoms with Crippen molar-refractivity contribution in [1.29, 1.82) is 0 Å². The third kappa shape index (κ3) is 4.25. The number of amides is 1. The first-order valence-electron chi connectivity index (χ1n) is 9.93. The third-order valence-electron chi connectivity index (χ3n) is 5.49. The van der Waals surface area contributed by atoms with Crippen molar-refractivity contribution in [2.24, 2.45) is 5.92 Å². The van der Waals surface area contributed by atoms with Crippen LogP contribution in [0.4, 0.5) is 5.69 Å². The van der Waals surface area contributed by atoms with Gasteiger partial charge in [-0.2, -0.15) is 5.10 Å². The molecule has 7 heteroatoms. The van der Waals surface area contributed by atoms with E-state index in [2.05, 4.69) is 10.00 Å². The molecular weight excluding hydrogens is 356 g/mol. The lowest BCUT2D eigenvalue weighted by atomic mass is 9.96. The molecule has 148 valence electrons. The number of benzene rings is 1. The Balaban J connectivity index is 1.44. The van der Waals surface area contributed by atoms with Crippen molar-refractivity contribution in [2.75, 3.05) is 44.3 Å². The molecule has 2 aromatic rings. The molecule has 2 fully saturated rings. The summed E-state index contributed by atoms with van der Waals surface area (Å²) in [7, 11) is 0. The molecule has 2 saturated heterocycles. The minimum Gasteiger partial charge on any atom is -0.378 e. The second-order valence-electron chi connectivity index (χ2n) is 7.42. The van der Waals surface area contributed by atoms with Gasteiger partial charge in [-0.3, -0.25) is 9.59 Å². The van der Waals surface area contributed by atoms with Crippen molar-refractivity contribution in [3.63, 3.8) is 0 Å². The third-order valence-corrected chi connectivity index (χ3v) is 5.49. The Labute approximate surface area is 164 Å². The number of aromatic nitrogens is 2. The van der Waals surface area contributed by atoms with E-state index in [1.807, 2.05) is 35.2 Å². The van der Waals surface area contributed by atoms with Crippen LogP contribution in [0.15, 0.2) is 47.4 Å². The summed E-state index contributed by atoms with van der Waals surface area (Å²) in [6, 6.07) is 11.5. The molecular formula is C21H26N4O3. The quantitative estimate of drug-likeness (QED) is 0.799. The minimum atomic E-state index is -0.122. The molecule has 0 unspecified atom stereocenters. The molecule has 1 atom stereocenters. The summed E-state index contributed by atoms with van der Waals surface area (Å²) in [4.78, 5) is 29.4. The first kappa shape index (κ1) is 18.7. The summed E-state index contributed by atoms with van der Waals surface area (Å²) in [5, 5.41) is 4.36. The second-order valence-corrected chi connectivity index (χ2v) is 7.42. The number of piperidine rings is 1. The van der Waals surface area contributed by atoms with E-state index in [1.54, 1.807) is 12.3 Å². The van der Waals surface area contributed by atoms with E-state index in [0.29, 0.717) is 39.4 Å². The van der Waals surface area contributed by atoms with Gasteiger partial charge >= 0.3 is 0 Å². The fourth-order valence-electron chi connectivity index (χ4n) is 3.93. The largest absolute Gasteiger partial charge is 0.378 e. The summed E-state index contributed by atoms with van der Waals surface area (Å²) < 4.78 is 6.82. The highest BCUT2D eigenvalue weighted by atomic mass is 16.5. The molecule has 0 radical (unpaired) electrons. The molecule has 1 amide bonds. The van der Waals surface area contributed by atoms with Crippen LogP contribution in [0.25, 0.3) is 0 Å². The van der Waals surface area contributed by atoms with Crippen molar-refractivity contribution in [1.82, 2.24) is 14.7 Å². The molecule has 4 rings (SSSR count). The maximum absolute atomic E-state index is 12.8. The normalized spacial score (nSPS) is 20.2. The lowest BCUT2D eigenvalue weighted by Crippen LogP contribution is -2.48. The van der Waals surface area contributed by atoms with Crippen molar-refractivity contribution in [3.05, 3.63) is 58.5 Å². The number of nitrogens with zero attached hydrogens (tertiary/aromatic N) is 4. The van der Waals surface area contributed by atoms with Crippen LogP contribution in [-0.4, -0.2) is 60.0 Å². The van der Waals surface area contributed by atoms with Gasteiger partial charge in [-0.05, 0) is 18.4 Å². The average Bonchev–Trinajstić information content (AvgIpc) is 2.76. The van der Waals surface area contributed by atoms with Crippen LogP contribution in [0.5, 0.6) is 0 Å². The lowest BCUT2D eigenvalue weighted by molar-refractivity contribution is -0.139. The molecule has 0 bridgehead atoms. The first-order chi connectivity index (χ1) is 13.7. The summed E-state index contributed by atoms with van der Waals surface area (Å²) in [6.45, 7) is 4.52. The Morgan fingerprint density at radius 2 is 1.93 bits per heavy atom. The van der Waals surface area contributed by atoms with Gasteiger partial charge in [-0.15, -0.1) is 0 Å². The van der Waals surface area contributed by atoms with Gasteiger partial charge in [0.15, 0.2) is 0 Å². The molecule has 0 spiro atoms. The van der Waals surface area contributed by atoms with Crippen LogP contribution in [-0.2, 0) is 16.1 Å². The number of anilines is 1. The highest BCUT2D eigenvalue weighted by molar-refractivity contribution is 5.80. The van der Waals surface area contributed by atoms with Gasteiger partial charge in [0.05, 0.1) is 37.6 Å². The Hall–Kier alpha value is -2.67. The van der Waals surface area contributed by atoms with E-state index < -0.39 is 0 Å².